The van der Waals surface area contributed by atoms with Crippen molar-refractivity contribution in [2.24, 2.45) is 0 Å². The Bertz CT molecular complexity index is 938. The predicted molar refractivity (Wildman–Crippen MR) is 98.3 cm³/mol. The van der Waals surface area contributed by atoms with E-state index < -0.39 is 10.0 Å². The van der Waals surface area contributed by atoms with Gasteiger partial charge in [-0.1, -0.05) is 30.3 Å². The molecule has 0 spiro atoms. The zero-order valence-electron chi connectivity index (χ0n) is 14.3. The van der Waals surface area contributed by atoms with E-state index in [1.54, 1.807) is 12.1 Å². The molecule has 0 aliphatic carbocycles. The Balaban J connectivity index is 1.58. The molecule has 3 rings (SSSR count). The number of H-pyrrole nitrogens is 1. The summed E-state index contributed by atoms with van der Waals surface area (Å²) in [6, 6.07) is 15.9. The Morgan fingerprint density at radius 1 is 1.08 bits per heavy atom. The fraction of sp³-hybridized carbons (Fsp3) is 0.222. The fourth-order valence-electron chi connectivity index (χ4n) is 2.39. The standard InChI is InChI=1S/C18H20N4O3S/c1-2-25-15-8-10-16(11-9-15)26(23,24)19-13-12-17-20-18(22-21-17)14-6-4-3-5-7-14/h3-11,19H,2,12-13H2,1H3,(H,20,21,22). The van der Waals surface area contributed by atoms with E-state index in [1.165, 1.54) is 12.1 Å². The van der Waals surface area contributed by atoms with Crippen molar-refractivity contribution in [2.45, 2.75) is 18.2 Å². The molecule has 7 nitrogen and oxygen atoms in total. The Morgan fingerprint density at radius 3 is 2.50 bits per heavy atom. The molecular formula is C18H20N4O3S. The van der Waals surface area contributed by atoms with Gasteiger partial charge < -0.3 is 4.74 Å². The second-order valence-electron chi connectivity index (χ2n) is 5.52. The largest absolute Gasteiger partial charge is 0.494 e. The molecule has 1 heterocycles. The van der Waals surface area contributed by atoms with Crippen LogP contribution in [0.15, 0.2) is 59.5 Å². The van der Waals surface area contributed by atoms with Gasteiger partial charge >= 0.3 is 0 Å². The zero-order valence-corrected chi connectivity index (χ0v) is 15.2. The van der Waals surface area contributed by atoms with Crippen molar-refractivity contribution in [1.29, 1.82) is 0 Å². The Morgan fingerprint density at radius 2 is 1.81 bits per heavy atom. The first kappa shape index (κ1) is 18.1. The van der Waals surface area contributed by atoms with Crippen LogP contribution in [0.2, 0.25) is 0 Å². The summed E-state index contributed by atoms with van der Waals surface area (Å²) in [5.74, 6) is 1.86. The number of hydrogen-bond acceptors (Lipinski definition) is 5. The molecule has 0 saturated heterocycles. The quantitative estimate of drug-likeness (QED) is 0.633. The summed E-state index contributed by atoms with van der Waals surface area (Å²) < 4.78 is 32.5. The minimum absolute atomic E-state index is 0.198. The highest BCUT2D eigenvalue weighted by Crippen LogP contribution is 2.16. The van der Waals surface area contributed by atoms with E-state index >= 15 is 0 Å². The number of aromatic nitrogens is 3. The average Bonchev–Trinajstić information content (AvgIpc) is 3.12. The average molecular weight is 372 g/mol. The molecule has 2 N–H and O–H groups in total. The van der Waals surface area contributed by atoms with Crippen LogP contribution in [0, 0.1) is 0 Å². The molecule has 0 aliphatic heterocycles. The Hall–Kier alpha value is -2.71. The number of nitrogens with one attached hydrogen (secondary N) is 2. The predicted octanol–water partition coefficient (Wildman–Crippen LogP) is 2.39. The van der Waals surface area contributed by atoms with Gasteiger partial charge in [0.15, 0.2) is 5.82 Å². The van der Waals surface area contributed by atoms with Crippen molar-refractivity contribution < 1.29 is 13.2 Å². The lowest BCUT2D eigenvalue weighted by Gasteiger charge is -2.07. The van der Waals surface area contributed by atoms with Gasteiger partial charge in [0.1, 0.15) is 11.6 Å². The summed E-state index contributed by atoms with van der Waals surface area (Å²) >= 11 is 0. The molecule has 3 aromatic rings. The normalized spacial score (nSPS) is 11.4. The lowest BCUT2D eigenvalue weighted by molar-refractivity contribution is 0.340. The fourth-order valence-corrected chi connectivity index (χ4v) is 3.42. The van der Waals surface area contributed by atoms with Crippen LogP contribution < -0.4 is 9.46 Å². The molecule has 2 aromatic carbocycles. The smallest absolute Gasteiger partial charge is 0.240 e. The Kier molecular flexibility index (Phi) is 5.65. The number of rotatable bonds is 8. The third kappa shape index (κ3) is 4.47. The lowest BCUT2D eigenvalue weighted by Crippen LogP contribution is -2.26. The molecule has 136 valence electrons. The monoisotopic (exact) mass is 372 g/mol. The van der Waals surface area contributed by atoms with Gasteiger partial charge in [-0.25, -0.2) is 18.1 Å². The number of hydrogen-bond donors (Lipinski definition) is 2. The molecule has 26 heavy (non-hydrogen) atoms. The summed E-state index contributed by atoms with van der Waals surface area (Å²) in [6.45, 7) is 2.63. The van der Waals surface area contributed by atoms with Crippen molar-refractivity contribution in [3.63, 3.8) is 0 Å². The molecule has 0 amide bonds. The van der Waals surface area contributed by atoms with E-state index in [9.17, 15) is 8.42 Å². The number of aromatic amines is 1. The summed E-state index contributed by atoms with van der Waals surface area (Å²) in [6.07, 6.45) is 0.413. The van der Waals surface area contributed by atoms with E-state index in [0.717, 1.165) is 5.56 Å². The van der Waals surface area contributed by atoms with Crippen LogP contribution in [0.5, 0.6) is 5.75 Å². The van der Waals surface area contributed by atoms with Gasteiger partial charge in [0, 0.05) is 18.5 Å². The molecule has 0 radical (unpaired) electrons. The van der Waals surface area contributed by atoms with Crippen LogP contribution in [0.1, 0.15) is 12.7 Å². The van der Waals surface area contributed by atoms with Crippen molar-refractivity contribution in [2.75, 3.05) is 13.2 Å². The molecule has 0 aliphatic rings. The van der Waals surface area contributed by atoms with Gasteiger partial charge in [-0.2, -0.15) is 5.10 Å². The van der Waals surface area contributed by atoms with Gasteiger partial charge in [-0.05, 0) is 31.2 Å². The third-order valence-corrected chi connectivity index (χ3v) is 5.14. The zero-order chi connectivity index (χ0) is 18.4. The summed E-state index contributed by atoms with van der Waals surface area (Å²) in [5, 5.41) is 7.00. The van der Waals surface area contributed by atoms with Crippen molar-refractivity contribution in [3.8, 4) is 17.1 Å². The van der Waals surface area contributed by atoms with Crippen LogP contribution in [0.4, 0.5) is 0 Å². The third-order valence-electron chi connectivity index (χ3n) is 3.66. The number of ether oxygens (including phenoxy) is 1. The Labute approximate surface area is 152 Å². The summed E-state index contributed by atoms with van der Waals surface area (Å²) in [4.78, 5) is 4.58. The van der Waals surface area contributed by atoms with Crippen LogP contribution >= 0.6 is 0 Å². The van der Waals surface area contributed by atoms with E-state index in [0.29, 0.717) is 30.4 Å². The number of sulfonamides is 1. The second-order valence-corrected chi connectivity index (χ2v) is 7.29. The molecule has 0 unspecified atom stereocenters. The highest BCUT2D eigenvalue weighted by atomic mass is 32.2. The highest BCUT2D eigenvalue weighted by molar-refractivity contribution is 7.89. The molecule has 1 aromatic heterocycles. The molecular weight excluding hydrogens is 352 g/mol. The van der Waals surface area contributed by atoms with E-state index in [2.05, 4.69) is 19.9 Å². The topological polar surface area (TPSA) is 97.0 Å². The first-order valence-electron chi connectivity index (χ1n) is 8.28. The SMILES string of the molecule is CCOc1ccc(S(=O)(=O)NCCc2nc(-c3ccccc3)n[nH]2)cc1. The van der Waals surface area contributed by atoms with Crippen LogP contribution in [0.3, 0.4) is 0 Å². The second kappa shape index (κ2) is 8.11. The van der Waals surface area contributed by atoms with Gasteiger partial charge in [0.2, 0.25) is 10.0 Å². The van der Waals surface area contributed by atoms with Gasteiger partial charge in [0.05, 0.1) is 11.5 Å². The minimum Gasteiger partial charge on any atom is -0.494 e. The van der Waals surface area contributed by atoms with Crippen molar-refractivity contribution >= 4 is 10.0 Å². The van der Waals surface area contributed by atoms with Crippen LogP contribution in [-0.4, -0.2) is 36.8 Å². The van der Waals surface area contributed by atoms with Crippen molar-refractivity contribution in [3.05, 3.63) is 60.4 Å². The molecule has 0 saturated carbocycles. The van der Waals surface area contributed by atoms with Gasteiger partial charge in [0.25, 0.3) is 0 Å². The van der Waals surface area contributed by atoms with Crippen LogP contribution in [0.25, 0.3) is 11.4 Å². The molecule has 0 bridgehead atoms. The molecule has 0 fully saturated rings. The van der Waals surface area contributed by atoms with E-state index in [-0.39, 0.29) is 11.4 Å². The van der Waals surface area contributed by atoms with Gasteiger partial charge in [-0.3, -0.25) is 5.10 Å². The summed E-state index contributed by atoms with van der Waals surface area (Å²) in [5.41, 5.74) is 0.907. The minimum atomic E-state index is -3.58. The van der Waals surface area contributed by atoms with E-state index in [1.807, 2.05) is 37.3 Å². The molecule has 0 atom stereocenters. The maximum atomic E-state index is 12.3. The lowest BCUT2D eigenvalue weighted by atomic mass is 10.2. The van der Waals surface area contributed by atoms with Crippen molar-refractivity contribution in [1.82, 2.24) is 19.9 Å². The first-order valence-corrected chi connectivity index (χ1v) is 9.76. The maximum Gasteiger partial charge on any atom is 0.240 e. The number of benzene rings is 2. The number of nitrogens with zero attached hydrogens (tertiary/aromatic N) is 2. The highest BCUT2D eigenvalue weighted by Gasteiger charge is 2.14. The summed E-state index contributed by atoms with van der Waals surface area (Å²) in [7, 11) is -3.58. The van der Waals surface area contributed by atoms with Gasteiger partial charge in [-0.15, -0.1) is 0 Å². The molecule has 8 heteroatoms. The van der Waals surface area contributed by atoms with Crippen LogP contribution in [-0.2, 0) is 16.4 Å². The van der Waals surface area contributed by atoms with E-state index in [4.69, 9.17) is 4.74 Å². The first-order chi connectivity index (χ1) is 12.6. The maximum absolute atomic E-state index is 12.3.